The van der Waals surface area contributed by atoms with Crippen LogP contribution < -0.4 is 9.80 Å². The Morgan fingerprint density at radius 1 is 1.04 bits per heavy atom. The van der Waals surface area contributed by atoms with Gasteiger partial charge in [0.2, 0.25) is 0 Å². The van der Waals surface area contributed by atoms with Crippen molar-refractivity contribution in [2.45, 2.75) is 13.8 Å². The first-order chi connectivity index (χ1) is 11.8. The quantitative estimate of drug-likeness (QED) is 0.534. The summed E-state index contributed by atoms with van der Waals surface area (Å²) in [6.45, 7) is 4.05. The smallest absolute Gasteiger partial charge is 0.296 e. The van der Waals surface area contributed by atoms with Crippen molar-refractivity contribution in [3.8, 4) is 0 Å². The normalized spacial score (nSPS) is 16.0. The van der Waals surface area contributed by atoms with E-state index < -0.39 is 0 Å². The molecular weight excluding hydrogens is 348 g/mol. The van der Waals surface area contributed by atoms with Gasteiger partial charge in [0, 0.05) is 19.8 Å². The molecule has 1 heterocycles. The van der Waals surface area contributed by atoms with Crippen molar-refractivity contribution in [1.82, 2.24) is 0 Å². The summed E-state index contributed by atoms with van der Waals surface area (Å²) in [5, 5.41) is -0.0499. The monoisotopic (exact) mass is 368 g/mol. The number of carbonyl (C=O) groups excluding carboxylic acids is 1. The van der Waals surface area contributed by atoms with Crippen molar-refractivity contribution in [3.05, 3.63) is 64.1 Å². The van der Waals surface area contributed by atoms with Crippen LogP contribution in [0.15, 0.2) is 47.4 Å². The van der Waals surface area contributed by atoms with Crippen LogP contribution in [-0.2, 0) is 0 Å². The zero-order valence-corrected chi connectivity index (χ0v) is 16.4. The molecule has 2 aromatic rings. The van der Waals surface area contributed by atoms with Crippen LogP contribution in [0.5, 0.6) is 0 Å². The third kappa shape index (κ3) is 3.78. The molecule has 2 aromatic carbocycles. The van der Waals surface area contributed by atoms with Crippen molar-refractivity contribution in [2.24, 2.45) is 0 Å². The van der Waals surface area contributed by atoms with E-state index in [-0.39, 0.29) is 5.24 Å². The average molecular weight is 369 g/mol. The molecule has 3 rings (SSSR count). The van der Waals surface area contributed by atoms with Crippen LogP contribution in [0.25, 0.3) is 6.08 Å². The lowest BCUT2D eigenvalue weighted by Crippen LogP contribution is -2.26. The first-order valence-corrected chi connectivity index (χ1v) is 9.21. The van der Waals surface area contributed by atoms with Gasteiger partial charge in [0.25, 0.3) is 5.24 Å². The van der Waals surface area contributed by atoms with Gasteiger partial charge in [-0.3, -0.25) is 9.69 Å². The van der Waals surface area contributed by atoms with Crippen LogP contribution in [0, 0.1) is 13.8 Å². The van der Waals surface area contributed by atoms with E-state index in [4.69, 9.17) is 12.2 Å². The standard InChI is InChI=1S/C20H20N2OS2/c1-13-9-14(2)11-17(10-13)22-19(24)18(25-20(22)23)12-15-5-7-16(8-6-15)21(3)4/h5-12H,1-4H3. The number of thiocarbonyl (C=S) groups is 1. The number of hydrogen-bond acceptors (Lipinski definition) is 4. The molecule has 1 aliphatic heterocycles. The lowest BCUT2D eigenvalue weighted by molar-refractivity contribution is 0.268. The molecule has 128 valence electrons. The maximum atomic E-state index is 12.5. The summed E-state index contributed by atoms with van der Waals surface area (Å²) in [6.07, 6.45) is 1.98. The molecule has 0 aromatic heterocycles. The third-order valence-electron chi connectivity index (χ3n) is 3.97. The first-order valence-electron chi connectivity index (χ1n) is 7.99. The Labute approximate surface area is 158 Å². The molecular formula is C20H20N2OS2. The highest BCUT2D eigenvalue weighted by Gasteiger charge is 2.33. The number of rotatable bonds is 3. The molecule has 3 nitrogen and oxygen atoms in total. The molecule has 0 atom stereocenters. The summed E-state index contributed by atoms with van der Waals surface area (Å²) in [5.74, 6) is 0. The number of amides is 1. The van der Waals surface area contributed by atoms with Crippen molar-refractivity contribution < 1.29 is 4.79 Å². The second-order valence-electron chi connectivity index (χ2n) is 6.35. The molecule has 1 aliphatic rings. The number of benzene rings is 2. The van der Waals surface area contributed by atoms with E-state index in [1.165, 1.54) is 11.8 Å². The zero-order chi connectivity index (χ0) is 18.1. The molecule has 1 fully saturated rings. The lowest BCUT2D eigenvalue weighted by atomic mass is 10.1. The Balaban J connectivity index is 1.90. The van der Waals surface area contributed by atoms with Gasteiger partial charge < -0.3 is 4.90 Å². The molecule has 25 heavy (non-hydrogen) atoms. The molecule has 0 radical (unpaired) electrons. The summed E-state index contributed by atoms with van der Waals surface area (Å²) in [4.78, 5) is 17.6. The van der Waals surface area contributed by atoms with Gasteiger partial charge in [-0.2, -0.15) is 0 Å². The predicted octanol–water partition coefficient (Wildman–Crippen LogP) is 5.41. The maximum absolute atomic E-state index is 12.5. The lowest BCUT2D eigenvalue weighted by Gasteiger charge is -2.16. The number of hydrogen-bond donors (Lipinski definition) is 0. The van der Waals surface area contributed by atoms with E-state index in [0.29, 0.717) is 4.99 Å². The van der Waals surface area contributed by atoms with Crippen molar-refractivity contribution in [1.29, 1.82) is 0 Å². The third-order valence-corrected chi connectivity index (χ3v) is 5.39. The summed E-state index contributed by atoms with van der Waals surface area (Å²) in [5.41, 5.74) is 5.24. The number of carbonyl (C=O) groups is 1. The summed E-state index contributed by atoms with van der Waals surface area (Å²) in [7, 11) is 4.02. The molecule has 5 heteroatoms. The molecule has 0 N–H and O–H groups in total. The Kier molecular flexibility index (Phi) is 4.97. The van der Waals surface area contributed by atoms with Gasteiger partial charge in [-0.1, -0.05) is 30.4 Å². The van der Waals surface area contributed by atoms with Crippen LogP contribution >= 0.6 is 24.0 Å². The molecule has 0 spiro atoms. The fourth-order valence-electron chi connectivity index (χ4n) is 2.79. The van der Waals surface area contributed by atoms with E-state index in [2.05, 4.69) is 23.1 Å². The maximum Gasteiger partial charge on any atom is 0.296 e. The molecule has 0 aliphatic carbocycles. The van der Waals surface area contributed by atoms with E-state index in [1.807, 2.05) is 58.3 Å². The topological polar surface area (TPSA) is 23.6 Å². The molecule has 1 saturated heterocycles. The highest BCUT2D eigenvalue weighted by molar-refractivity contribution is 8.20. The largest absolute Gasteiger partial charge is 0.378 e. The molecule has 1 amide bonds. The van der Waals surface area contributed by atoms with Gasteiger partial charge in [-0.25, -0.2) is 0 Å². The summed E-state index contributed by atoms with van der Waals surface area (Å²) in [6, 6.07) is 14.3. The zero-order valence-electron chi connectivity index (χ0n) is 14.7. The van der Waals surface area contributed by atoms with Crippen LogP contribution in [0.1, 0.15) is 16.7 Å². The minimum absolute atomic E-state index is 0.0499. The van der Waals surface area contributed by atoms with Crippen LogP contribution in [0.4, 0.5) is 16.2 Å². The minimum atomic E-state index is -0.0499. The van der Waals surface area contributed by atoms with Crippen LogP contribution in [0.2, 0.25) is 0 Å². The average Bonchev–Trinajstić information content (AvgIpc) is 2.81. The Bertz CT molecular complexity index is 850. The van der Waals surface area contributed by atoms with E-state index in [1.54, 1.807) is 4.90 Å². The van der Waals surface area contributed by atoms with Gasteiger partial charge in [0.15, 0.2) is 0 Å². The highest BCUT2D eigenvalue weighted by Crippen LogP contribution is 2.37. The SMILES string of the molecule is Cc1cc(C)cc(N2C(=O)SC(=Cc3ccc(N(C)C)cc3)C2=S)c1. The van der Waals surface area contributed by atoms with Crippen molar-refractivity contribution >= 4 is 51.7 Å². The predicted molar refractivity (Wildman–Crippen MR) is 113 cm³/mol. The van der Waals surface area contributed by atoms with Gasteiger partial charge in [0.05, 0.1) is 10.6 Å². The Morgan fingerprint density at radius 3 is 2.20 bits per heavy atom. The van der Waals surface area contributed by atoms with E-state index >= 15 is 0 Å². The Hall–Kier alpha value is -2.11. The van der Waals surface area contributed by atoms with Gasteiger partial charge in [0.1, 0.15) is 4.99 Å². The van der Waals surface area contributed by atoms with E-state index in [0.717, 1.165) is 33.0 Å². The van der Waals surface area contributed by atoms with E-state index in [9.17, 15) is 4.79 Å². The molecule has 0 bridgehead atoms. The minimum Gasteiger partial charge on any atom is -0.378 e. The van der Waals surface area contributed by atoms with Crippen molar-refractivity contribution in [2.75, 3.05) is 23.9 Å². The summed E-state index contributed by atoms with van der Waals surface area (Å²) < 4.78 is 0. The fourth-order valence-corrected chi connectivity index (χ4v) is 4.07. The Morgan fingerprint density at radius 2 is 1.64 bits per heavy atom. The number of thioether (sulfide) groups is 1. The number of anilines is 2. The molecule has 0 saturated carbocycles. The van der Waals surface area contributed by atoms with Crippen LogP contribution in [0.3, 0.4) is 0 Å². The number of nitrogens with zero attached hydrogens (tertiary/aromatic N) is 2. The van der Waals surface area contributed by atoms with Crippen molar-refractivity contribution in [3.63, 3.8) is 0 Å². The van der Waals surface area contributed by atoms with Gasteiger partial charge in [-0.15, -0.1) is 0 Å². The summed E-state index contributed by atoms with van der Waals surface area (Å²) >= 11 is 6.77. The molecule has 0 unspecified atom stereocenters. The fraction of sp³-hybridized carbons (Fsp3) is 0.200. The van der Waals surface area contributed by atoms with Gasteiger partial charge >= 0.3 is 0 Å². The number of aryl methyl sites for hydroxylation is 2. The van der Waals surface area contributed by atoms with Crippen LogP contribution in [-0.4, -0.2) is 24.3 Å². The van der Waals surface area contributed by atoms with Gasteiger partial charge in [-0.05, 0) is 72.6 Å². The highest BCUT2D eigenvalue weighted by atomic mass is 32.2. The first kappa shape index (κ1) is 17.7. The second-order valence-corrected chi connectivity index (χ2v) is 7.73. The second kappa shape index (κ2) is 7.02.